The minimum absolute atomic E-state index is 0.131. The monoisotopic (exact) mass is 396 g/mol. The second-order valence-electron chi connectivity index (χ2n) is 6.16. The van der Waals surface area contributed by atoms with Crippen LogP contribution in [0.5, 0.6) is 0 Å². The molecular weight excluding hydrogens is 368 g/mol. The van der Waals surface area contributed by atoms with Crippen LogP contribution in [-0.4, -0.2) is 32.0 Å². The summed E-state index contributed by atoms with van der Waals surface area (Å²) in [6, 6.07) is 0. The van der Waals surface area contributed by atoms with Crippen molar-refractivity contribution in [3.63, 3.8) is 0 Å². The Kier molecular flexibility index (Phi) is 7.52. The van der Waals surface area contributed by atoms with Gasteiger partial charge in [0.25, 0.3) is 5.56 Å². The molecule has 0 aromatic carbocycles. The van der Waals surface area contributed by atoms with Gasteiger partial charge in [0.1, 0.15) is 11.5 Å². The van der Waals surface area contributed by atoms with Crippen LogP contribution in [0.3, 0.4) is 0 Å². The van der Waals surface area contributed by atoms with E-state index in [2.05, 4.69) is 22.0 Å². The molecule has 0 aliphatic carbocycles. The standard InChI is InChI=1S/C17H28N6O3S/c1-5-8-9-23-14(18)13(16(24)20-17(23)25)22(6-2)10-12-19-15(21-26-12)11(4)27-7-3/h11H,5-10,18H2,1-4H3,(H,20,24,25)/t11-/m0/s1. The minimum atomic E-state index is -0.512. The van der Waals surface area contributed by atoms with Gasteiger partial charge in [0.05, 0.1) is 11.8 Å². The van der Waals surface area contributed by atoms with Crippen molar-refractivity contribution in [1.82, 2.24) is 19.7 Å². The van der Waals surface area contributed by atoms with Crippen molar-refractivity contribution in [2.24, 2.45) is 0 Å². The average Bonchev–Trinajstić information content (AvgIpc) is 3.09. The van der Waals surface area contributed by atoms with Crippen molar-refractivity contribution < 1.29 is 4.52 Å². The number of rotatable bonds is 10. The first-order valence-corrected chi connectivity index (χ1v) is 10.3. The third kappa shape index (κ3) is 4.94. The molecule has 0 fully saturated rings. The molecule has 2 aromatic heterocycles. The van der Waals surface area contributed by atoms with Crippen LogP contribution in [0.1, 0.15) is 57.5 Å². The number of H-pyrrole nitrogens is 1. The predicted molar refractivity (Wildman–Crippen MR) is 108 cm³/mol. The van der Waals surface area contributed by atoms with Crippen LogP contribution in [0.4, 0.5) is 11.5 Å². The maximum atomic E-state index is 12.4. The number of nitrogens with one attached hydrogen (secondary N) is 1. The zero-order valence-corrected chi connectivity index (χ0v) is 17.1. The van der Waals surface area contributed by atoms with Crippen molar-refractivity contribution in [2.75, 3.05) is 22.9 Å². The summed E-state index contributed by atoms with van der Waals surface area (Å²) in [5.41, 5.74) is 5.43. The molecule has 150 valence electrons. The smallest absolute Gasteiger partial charge is 0.330 e. The van der Waals surface area contributed by atoms with Gasteiger partial charge in [-0.3, -0.25) is 14.3 Å². The molecule has 0 unspecified atom stereocenters. The van der Waals surface area contributed by atoms with E-state index in [0.717, 1.165) is 18.6 Å². The number of unbranched alkanes of at least 4 members (excludes halogenated alkanes) is 1. The van der Waals surface area contributed by atoms with Gasteiger partial charge in [0.2, 0.25) is 5.89 Å². The molecule has 0 radical (unpaired) electrons. The second-order valence-corrected chi connectivity index (χ2v) is 7.77. The van der Waals surface area contributed by atoms with E-state index in [9.17, 15) is 9.59 Å². The van der Waals surface area contributed by atoms with Crippen molar-refractivity contribution in [3.8, 4) is 0 Å². The average molecular weight is 397 g/mol. The van der Waals surface area contributed by atoms with Crippen LogP contribution < -0.4 is 21.9 Å². The molecule has 1 atom stereocenters. The van der Waals surface area contributed by atoms with Crippen molar-refractivity contribution in [2.45, 2.75) is 58.9 Å². The lowest BCUT2D eigenvalue weighted by atomic mass is 10.3. The van der Waals surface area contributed by atoms with Gasteiger partial charge < -0.3 is 15.2 Å². The Morgan fingerprint density at radius 3 is 2.70 bits per heavy atom. The van der Waals surface area contributed by atoms with Crippen LogP contribution in [0.2, 0.25) is 0 Å². The highest BCUT2D eigenvalue weighted by atomic mass is 32.2. The van der Waals surface area contributed by atoms with E-state index in [1.165, 1.54) is 4.57 Å². The van der Waals surface area contributed by atoms with E-state index >= 15 is 0 Å². The Bertz CT molecular complexity index is 859. The fourth-order valence-corrected chi connectivity index (χ4v) is 3.50. The van der Waals surface area contributed by atoms with Gasteiger partial charge in [0, 0.05) is 13.1 Å². The lowest BCUT2D eigenvalue weighted by Gasteiger charge is -2.23. The first-order valence-electron chi connectivity index (χ1n) is 9.24. The maximum absolute atomic E-state index is 12.4. The predicted octanol–water partition coefficient (Wildman–Crippen LogP) is 2.14. The summed E-state index contributed by atoms with van der Waals surface area (Å²) >= 11 is 1.72. The number of nitrogen functional groups attached to an aromatic ring is 1. The SMILES string of the molecule is CCCCn1c(N)c(N(CC)Cc2nc([C@H](C)SCC)no2)c(=O)[nH]c1=O. The molecular formula is C17H28N6O3S. The quantitative estimate of drug-likeness (QED) is 0.626. The second kappa shape index (κ2) is 9.63. The van der Waals surface area contributed by atoms with Crippen LogP contribution in [0, 0.1) is 0 Å². The minimum Gasteiger partial charge on any atom is -0.383 e. The van der Waals surface area contributed by atoms with Gasteiger partial charge in [-0.1, -0.05) is 25.4 Å². The summed E-state index contributed by atoms with van der Waals surface area (Å²) in [6.07, 6.45) is 1.71. The Morgan fingerprint density at radius 1 is 1.33 bits per heavy atom. The van der Waals surface area contributed by atoms with E-state index < -0.39 is 11.2 Å². The fraction of sp³-hybridized carbons (Fsp3) is 0.647. The fourth-order valence-electron chi connectivity index (χ4n) is 2.76. The summed E-state index contributed by atoms with van der Waals surface area (Å²) in [4.78, 5) is 33.0. The Morgan fingerprint density at radius 2 is 2.07 bits per heavy atom. The molecule has 0 saturated carbocycles. The van der Waals surface area contributed by atoms with Gasteiger partial charge in [-0.15, -0.1) is 0 Å². The molecule has 9 nitrogen and oxygen atoms in total. The lowest BCUT2D eigenvalue weighted by Crippen LogP contribution is -2.38. The third-order valence-electron chi connectivity index (χ3n) is 4.24. The Labute approximate surface area is 162 Å². The summed E-state index contributed by atoms with van der Waals surface area (Å²) in [6.45, 7) is 9.21. The number of aromatic amines is 1. The third-order valence-corrected chi connectivity index (χ3v) is 5.28. The van der Waals surface area contributed by atoms with Crippen LogP contribution in [-0.2, 0) is 13.1 Å². The highest BCUT2D eigenvalue weighted by molar-refractivity contribution is 7.99. The molecule has 2 aromatic rings. The largest absolute Gasteiger partial charge is 0.383 e. The van der Waals surface area contributed by atoms with Crippen LogP contribution in [0.15, 0.2) is 14.1 Å². The highest BCUT2D eigenvalue weighted by Gasteiger charge is 2.21. The van der Waals surface area contributed by atoms with Crippen LogP contribution in [0.25, 0.3) is 0 Å². The van der Waals surface area contributed by atoms with Crippen LogP contribution >= 0.6 is 11.8 Å². The molecule has 2 rings (SSSR count). The number of thioether (sulfide) groups is 1. The Hall–Kier alpha value is -2.23. The maximum Gasteiger partial charge on any atom is 0.330 e. The number of nitrogens with two attached hydrogens (primary N) is 1. The number of anilines is 2. The number of hydrogen-bond acceptors (Lipinski definition) is 8. The Balaban J connectivity index is 2.32. The van der Waals surface area contributed by atoms with Gasteiger partial charge >= 0.3 is 5.69 Å². The molecule has 0 spiro atoms. The van der Waals surface area contributed by atoms with E-state index in [4.69, 9.17) is 10.3 Å². The zero-order valence-electron chi connectivity index (χ0n) is 16.3. The normalized spacial score (nSPS) is 12.3. The topological polar surface area (TPSA) is 123 Å². The van der Waals surface area contributed by atoms with Crippen molar-refractivity contribution in [3.05, 3.63) is 32.6 Å². The van der Waals surface area contributed by atoms with Gasteiger partial charge in [-0.2, -0.15) is 16.7 Å². The van der Waals surface area contributed by atoms with Gasteiger partial charge in [-0.25, -0.2) is 4.79 Å². The van der Waals surface area contributed by atoms with Gasteiger partial charge in [0.15, 0.2) is 5.82 Å². The molecule has 0 saturated heterocycles. The zero-order chi connectivity index (χ0) is 20.0. The molecule has 3 N–H and O–H groups in total. The molecule has 0 aliphatic heterocycles. The number of aromatic nitrogens is 4. The molecule has 2 heterocycles. The van der Waals surface area contributed by atoms with E-state index in [1.54, 1.807) is 16.7 Å². The van der Waals surface area contributed by atoms with Crippen molar-refractivity contribution >= 4 is 23.3 Å². The molecule has 0 aliphatic rings. The molecule has 27 heavy (non-hydrogen) atoms. The van der Waals surface area contributed by atoms with E-state index in [-0.39, 0.29) is 23.3 Å². The summed E-state index contributed by atoms with van der Waals surface area (Å²) < 4.78 is 6.75. The molecule has 0 amide bonds. The lowest BCUT2D eigenvalue weighted by molar-refractivity contribution is 0.371. The highest BCUT2D eigenvalue weighted by Crippen LogP contribution is 2.26. The van der Waals surface area contributed by atoms with Gasteiger partial charge in [-0.05, 0) is 26.0 Å². The summed E-state index contributed by atoms with van der Waals surface area (Å²) in [5.74, 6) is 2.15. The van der Waals surface area contributed by atoms with E-state index in [0.29, 0.717) is 24.8 Å². The summed E-state index contributed by atoms with van der Waals surface area (Å²) in [5, 5.41) is 4.16. The number of nitrogens with zero attached hydrogens (tertiary/aromatic N) is 4. The van der Waals surface area contributed by atoms with E-state index in [1.807, 2.05) is 20.8 Å². The van der Waals surface area contributed by atoms with Crippen molar-refractivity contribution in [1.29, 1.82) is 0 Å². The first-order chi connectivity index (χ1) is 12.9. The summed E-state index contributed by atoms with van der Waals surface area (Å²) in [7, 11) is 0. The first kappa shape index (κ1) is 21.1. The number of hydrogen-bond donors (Lipinski definition) is 2. The molecule has 0 bridgehead atoms. The molecule has 10 heteroatoms.